The second kappa shape index (κ2) is 7.33. The minimum Gasteiger partial charge on any atom is -0.444 e. The first-order valence-electron chi connectivity index (χ1n) is 8.25. The Morgan fingerprint density at radius 3 is 2.83 bits per heavy atom. The lowest BCUT2D eigenvalue weighted by atomic mass is 10.3. The van der Waals surface area contributed by atoms with Crippen molar-refractivity contribution >= 4 is 11.8 Å². The number of hydrogen-bond acceptors (Lipinski definition) is 5. The number of hydrogen-bond donors (Lipinski definition) is 1. The summed E-state index contributed by atoms with van der Waals surface area (Å²) in [7, 11) is 0. The third-order valence-corrected chi connectivity index (χ3v) is 4.22. The Bertz CT molecular complexity index is 666. The zero-order valence-electron chi connectivity index (χ0n) is 14.2. The second-order valence-corrected chi connectivity index (χ2v) is 5.92. The molecule has 0 spiro atoms. The predicted molar refractivity (Wildman–Crippen MR) is 90.9 cm³/mol. The van der Waals surface area contributed by atoms with E-state index in [-0.39, 0.29) is 6.03 Å². The Morgan fingerprint density at radius 1 is 1.25 bits per heavy atom. The Labute approximate surface area is 141 Å². The van der Waals surface area contributed by atoms with Gasteiger partial charge in [-0.3, -0.25) is 0 Å². The van der Waals surface area contributed by atoms with E-state index >= 15 is 0 Å². The summed E-state index contributed by atoms with van der Waals surface area (Å²) in [6.07, 6.45) is 2.71. The van der Waals surface area contributed by atoms with E-state index in [9.17, 15) is 4.79 Å². The quantitative estimate of drug-likeness (QED) is 0.933. The van der Waals surface area contributed by atoms with Gasteiger partial charge >= 0.3 is 6.03 Å². The number of rotatable bonds is 3. The highest BCUT2D eigenvalue weighted by Gasteiger charge is 2.20. The zero-order valence-corrected chi connectivity index (χ0v) is 14.2. The third-order valence-electron chi connectivity index (χ3n) is 4.22. The molecule has 7 heteroatoms. The van der Waals surface area contributed by atoms with Crippen molar-refractivity contribution < 1.29 is 9.21 Å². The first-order valence-corrected chi connectivity index (χ1v) is 8.25. The van der Waals surface area contributed by atoms with Crippen molar-refractivity contribution in [2.24, 2.45) is 0 Å². The zero-order chi connectivity index (χ0) is 16.9. The Kier molecular flexibility index (Phi) is 4.98. The van der Waals surface area contributed by atoms with Crippen LogP contribution in [-0.2, 0) is 6.54 Å². The van der Waals surface area contributed by atoms with Crippen molar-refractivity contribution in [3.63, 3.8) is 0 Å². The maximum atomic E-state index is 12.4. The molecule has 24 heavy (non-hydrogen) atoms. The monoisotopic (exact) mass is 329 g/mol. The smallest absolute Gasteiger partial charge is 0.317 e. The highest BCUT2D eigenvalue weighted by Crippen LogP contribution is 2.13. The Balaban J connectivity index is 1.52. The number of anilines is 1. The van der Waals surface area contributed by atoms with Gasteiger partial charge in [0.05, 0.1) is 12.2 Å². The molecular formula is C17H23N5O2. The first kappa shape index (κ1) is 16.3. The van der Waals surface area contributed by atoms with Crippen molar-refractivity contribution in [3.8, 4) is 0 Å². The molecule has 1 aliphatic heterocycles. The van der Waals surface area contributed by atoms with E-state index in [1.807, 2.05) is 36.9 Å². The van der Waals surface area contributed by atoms with Crippen LogP contribution in [0.3, 0.4) is 0 Å². The molecule has 128 valence electrons. The number of carbonyl (C=O) groups is 1. The van der Waals surface area contributed by atoms with E-state index in [4.69, 9.17) is 4.42 Å². The van der Waals surface area contributed by atoms with E-state index in [1.165, 1.54) is 0 Å². The number of oxazole rings is 1. The van der Waals surface area contributed by atoms with Gasteiger partial charge < -0.3 is 19.5 Å². The molecule has 2 aromatic rings. The van der Waals surface area contributed by atoms with Gasteiger partial charge in [-0.2, -0.15) is 0 Å². The van der Waals surface area contributed by atoms with E-state index in [2.05, 4.69) is 20.2 Å². The molecule has 1 aliphatic rings. The van der Waals surface area contributed by atoms with Crippen molar-refractivity contribution in [1.82, 2.24) is 20.2 Å². The van der Waals surface area contributed by atoms with Crippen molar-refractivity contribution in [1.29, 1.82) is 0 Å². The van der Waals surface area contributed by atoms with Crippen LogP contribution in [0.4, 0.5) is 10.6 Å². The summed E-state index contributed by atoms with van der Waals surface area (Å²) in [5, 5.41) is 2.89. The summed E-state index contributed by atoms with van der Waals surface area (Å²) in [5.41, 5.74) is 0.861. The molecule has 1 N–H and O–H groups in total. The summed E-state index contributed by atoms with van der Waals surface area (Å²) < 4.78 is 5.49. The summed E-state index contributed by atoms with van der Waals surface area (Å²) in [5.74, 6) is 2.30. The standard InChI is InChI=1S/C17H23N5O2/c1-13-14(2)24-16(20-13)12-19-17(23)22-9-5-8-21(10-11-22)15-6-3-4-7-18-15/h3-4,6-7H,5,8-12H2,1-2H3,(H,19,23). The number of aryl methyl sites for hydroxylation is 2. The minimum atomic E-state index is -0.0774. The average Bonchev–Trinajstić information content (AvgIpc) is 2.80. The average molecular weight is 329 g/mol. The lowest BCUT2D eigenvalue weighted by Gasteiger charge is -2.22. The van der Waals surface area contributed by atoms with Gasteiger partial charge in [0.25, 0.3) is 0 Å². The predicted octanol–water partition coefficient (Wildman–Crippen LogP) is 2.11. The molecule has 0 radical (unpaired) electrons. The summed E-state index contributed by atoms with van der Waals surface area (Å²) >= 11 is 0. The lowest BCUT2D eigenvalue weighted by molar-refractivity contribution is 0.199. The molecule has 1 saturated heterocycles. The first-order chi connectivity index (χ1) is 11.6. The van der Waals surface area contributed by atoms with E-state index in [1.54, 1.807) is 6.20 Å². The van der Waals surface area contributed by atoms with Gasteiger partial charge in [0.15, 0.2) is 0 Å². The number of urea groups is 1. The fourth-order valence-electron chi connectivity index (χ4n) is 2.77. The molecule has 0 atom stereocenters. The summed E-state index contributed by atoms with van der Waals surface area (Å²) in [6, 6.07) is 5.82. The van der Waals surface area contributed by atoms with Gasteiger partial charge in [-0.1, -0.05) is 6.07 Å². The van der Waals surface area contributed by atoms with Gasteiger partial charge in [-0.25, -0.2) is 14.8 Å². The maximum Gasteiger partial charge on any atom is 0.317 e. The molecule has 7 nitrogen and oxygen atoms in total. The minimum absolute atomic E-state index is 0.0774. The fraction of sp³-hybridized carbons (Fsp3) is 0.471. The highest BCUT2D eigenvalue weighted by molar-refractivity contribution is 5.74. The second-order valence-electron chi connectivity index (χ2n) is 5.92. The summed E-state index contributed by atoms with van der Waals surface area (Å²) in [6.45, 7) is 7.17. The topological polar surface area (TPSA) is 74.5 Å². The van der Waals surface area contributed by atoms with Crippen LogP contribution in [0.5, 0.6) is 0 Å². The number of amides is 2. The molecule has 3 rings (SSSR count). The van der Waals surface area contributed by atoms with Crippen LogP contribution >= 0.6 is 0 Å². The molecule has 2 amide bonds. The molecule has 0 aromatic carbocycles. The molecule has 0 bridgehead atoms. The van der Waals surface area contributed by atoms with Gasteiger partial charge in [-0.15, -0.1) is 0 Å². The fourth-order valence-corrected chi connectivity index (χ4v) is 2.77. The Morgan fingerprint density at radius 2 is 2.12 bits per heavy atom. The lowest BCUT2D eigenvalue weighted by Crippen LogP contribution is -2.41. The molecule has 0 saturated carbocycles. The van der Waals surface area contributed by atoms with E-state index in [0.717, 1.165) is 43.3 Å². The molecule has 3 heterocycles. The number of pyridine rings is 1. The number of aromatic nitrogens is 2. The molecule has 2 aromatic heterocycles. The molecular weight excluding hydrogens is 306 g/mol. The SMILES string of the molecule is Cc1nc(CNC(=O)N2CCCN(c3ccccn3)CC2)oc1C. The number of nitrogens with zero attached hydrogens (tertiary/aromatic N) is 4. The highest BCUT2D eigenvalue weighted by atomic mass is 16.4. The van der Waals surface area contributed by atoms with Crippen molar-refractivity contribution in [2.45, 2.75) is 26.8 Å². The molecule has 1 fully saturated rings. The third kappa shape index (κ3) is 3.84. The van der Waals surface area contributed by atoms with Crippen LogP contribution in [0.2, 0.25) is 0 Å². The van der Waals surface area contributed by atoms with Gasteiger partial charge in [0.2, 0.25) is 5.89 Å². The van der Waals surface area contributed by atoms with Gasteiger partial charge in [0.1, 0.15) is 11.6 Å². The van der Waals surface area contributed by atoms with Crippen LogP contribution in [0, 0.1) is 13.8 Å². The largest absolute Gasteiger partial charge is 0.444 e. The number of carbonyl (C=O) groups excluding carboxylic acids is 1. The van der Waals surface area contributed by atoms with Crippen LogP contribution < -0.4 is 10.2 Å². The van der Waals surface area contributed by atoms with Crippen LogP contribution in [-0.4, -0.2) is 47.1 Å². The number of nitrogens with one attached hydrogen (secondary N) is 1. The van der Waals surface area contributed by atoms with E-state index in [0.29, 0.717) is 19.0 Å². The van der Waals surface area contributed by atoms with Crippen LogP contribution in [0.15, 0.2) is 28.8 Å². The van der Waals surface area contributed by atoms with Gasteiger partial charge in [-0.05, 0) is 32.4 Å². The van der Waals surface area contributed by atoms with Crippen molar-refractivity contribution in [2.75, 3.05) is 31.1 Å². The van der Waals surface area contributed by atoms with Crippen LogP contribution in [0.25, 0.3) is 0 Å². The van der Waals surface area contributed by atoms with Crippen LogP contribution in [0.1, 0.15) is 23.8 Å². The molecule has 0 aliphatic carbocycles. The van der Waals surface area contributed by atoms with Crippen molar-refractivity contribution in [3.05, 3.63) is 41.7 Å². The van der Waals surface area contributed by atoms with E-state index < -0.39 is 0 Å². The normalized spacial score (nSPS) is 15.2. The van der Waals surface area contributed by atoms with Gasteiger partial charge in [0, 0.05) is 32.4 Å². The summed E-state index contributed by atoms with van der Waals surface area (Å²) in [4.78, 5) is 25.1. The Hall–Kier alpha value is -2.57. The maximum absolute atomic E-state index is 12.4. The molecule has 0 unspecified atom stereocenters.